The summed E-state index contributed by atoms with van der Waals surface area (Å²) in [6.07, 6.45) is 7.22. The highest BCUT2D eigenvalue weighted by molar-refractivity contribution is 5.88. The standard InChI is InChI=1S/C19H22O5/c1-11(2)5-4-6-12(3)7-8-13-14(20)9-15(21)17-18(23)16(22)10-24-19(13)17/h5,7,9-10,20-22H,4,6,8H2,1-3H3/b12-7+. The van der Waals surface area contributed by atoms with Crippen molar-refractivity contribution >= 4 is 11.0 Å². The topological polar surface area (TPSA) is 90.9 Å². The van der Waals surface area contributed by atoms with E-state index in [1.807, 2.05) is 13.0 Å². The molecular formula is C19H22O5. The summed E-state index contributed by atoms with van der Waals surface area (Å²) >= 11 is 0. The van der Waals surface area contributed by atoms with Crippen LogP contribution < -0.4 is 5.43 Å². The average molecular weight is 330 g/mol. The molecule has 128 valence electrons. The second kappa shape index (κ2) is 7.25. The molecule has 0 aliphatic heterocycles. The fourth-order valence-corrected chi connectivity index (χ4v) is 2.48. The third-order valence-electron chi connectivity index (χ3n) is 3.83. The lowest BCUT2D eigenvalue weighted by molar-refractivity contribution is 0.431. The van der Waals surface area contributed by atoms with Gasteiger partial charge in [-0.3, -0.25) is 4.79 Å². The fraction of sp³-hybridized carbons (Fsp3) is 0.316. The summed E-state index contributed by atoms with van der Waals surface area (Å²) in [5.41, 5.74) is 2.19. The van der Waals surface area contributed by atoms with E-state index in [9.17, 15) is 20.1 Å². The maximum Gasteiger partial charge on any atom is 0.238 e. The molecule has 2 aromatic rings. The van der Waals surface area contributed by atoms with Gasteiger partial charge in [0, 0.05) is 11.6 Å². The van der Waals surface area contributed by atoms with Crippen molar-refractivity contribution in [1.82, 2.24) is 0 Å². The number of benzene rings is 1. The van der Waals surface area contributed by atoms with Crippen molar-refractivity contribution < 1.29 is 19.7 Å². The normalized spacial score (nSPS) is 11.7. The van der Waals surface area contributed by atoms with E-state index in [1.165, 1.54) is 5.57 Å². The Hall–Kier alpha value is -2.69. The first-order chi connectivity index (χ1) is 11.3. The zero-order chi connectivity index (χ0) is 17.9. The molecule has 2 rings (SSSR count). The van der Waals surface area contributed by atoms with Crippen LogP contribution in [-0.4, -0.2) is 15.3 Å². The average Bonchev–Trinajstić information content (AvgIpc) is 2.49. The van der Waals surface area contributed by atoms with Gasteiger partial charge in [0.1, 0.15) is 28.7 Å². The number of allylic oxidation sites excluding steroid dienone is 4. The van der Waals surface area contributed by atoms with Crippen molar-refractivity contribution in [2.45, 2.75) is 40.0 Å². The van der Waals surface area contributed by atoms with E-state index in [1.54, 1.807) is 0 Å². The minimum absolute atomic E-state index is 0.0867. The Morgan fingerprint density at radius 2 is 1.79 bits per heavy atom. The molecule has 0 saturated carbocycles. The number of phenols is 2. The molecule has 0 spiro atoms. The molecule has 5 heteroatoms. The summed E-state index contributed by atoms with van der Waals surface area (Å²) in [7, 11) is 0. The molecule has 0 bridgehead atoms. The van der Waals surface area contributed by atoms with Gasteiger partial charge in [-0.1, -0.05) is 23.3 Å². The molecule has 1 aromatic heterocycles. The van der Waals surface area contributed by atoms with Crippen LogP contribution >= 0.6 is 0 Å². The molecule has 0 unspecified atom stereocenters. The zero-order valence-electron chi connectivity index (χ0n) is 14.1. The molecule has 0 amide bonds. The summed E-state index contributed by atoms with van der Waals surface area (Å²) in [5.74, 6) is -1.15. The molecule has 0 aliphatic carbocycles. The van der Waals surface area contributed by atoms with Crippen LogP contribution in [0.3, 0.4) is 0 Å². The minimum Gasteiger partial charge on any atom is -0.507 e. The predicted molar refractivity (Wildman–Crippen MR) is 93.6 cm³/mol. The van der Waals surface area contributed by atoms with Gasteiger partial charge in [0.2, 0.25) is 5.43 Å². The second-order valence-corrected chi connectivity index (χ2v) is 6.12. The Bertz CT molecular complexity index is 867. The third kappa shape index (κ3) is 3.79. The molecule has 5 nitrogen and oxygen atoms in total. The quantitative estimate of drug-likeness (QED) is 0.717. The summed E-state index contributed by atoms with van der Waals surface area (Å²) in [6, 6.07) is 1.10. The first kappa shape index (κ1) is 17.7. The van der Waals surface area contributed by atoms with Crippen LogP contribution in [0.15, 0.2) is 44.8 Å². The van der Waals surface area contributed by atoms with E-state index in [0.29, 0.717) is 12.0 Å². The highest BCUT2D eigenvalue weighted by Crippen LogP contribution is 2.34. The molecule has 0 saturated heterocycles. The maximum absolute atomic E-state index is 12.0. The van der Waals surface area contributed by atoms with Gasteiger partial charge in [0.25, 0.3) is 0 Å². The van der Waals surface area contributed by atoms with Gasteiger partial charge in [0.05, 0.1) is 0 Å². The second-order valence-electron chi connectivity index (χ2n) is 6.12. The summed E-state index contributed by atoms with van der Waals surface area (Å²) in [4.78, 5) is 12.0. The highest BCUT2D eigenvalue weighted by Gasteiger charge is 2.17. The van der Waals surface area contributed by atoms with E-state index in [2.05, 4.69) is 19.9 Å². The van der Waals surface area contributed by atoms with E-state index >= 15 is 0 Å². The van der Waals surface area contributed by atoms with Crippen LogP contribution in [0.4, 0.5) is 0 Å². The Labute approximate surface area is 140 Å². The van der Waals surface area contributed by atoms with E-state index in [4.69, 9.17) is 4.42 Å². The van der Waals surface area contributed by atoms with Crippen molar-refractivity contribution in [1.29, 1.82) is 0 Å². The van der Waals surface area contributed by atoms with Crippen LogP contribution in [0.2, 0.25) is 0 Å². The highest BCUT2D eigenvalue weighted by atomic mass is 16.4. The van der Waals surface area contributed by atoms with Crippen molar-refractivity contribution in [2.75, 3.05) is 0 Å². The minimum atomic E-state index is -0.723. The van der Waals surface area contributed by atoms with Gasteiger partial charge in [-0.15, -0.1) is 0 Å². The van der Waals surface area contributed by atoms with E-state index < -0.39 is 16.9 Å². The molecule has 1 heterocycles. The van der Waals surface area contributed by atoms with Gasteiger partial charge in [0.15, 0.2) is 5.75 Å². The van der Waals surface area contributed by atoms with Gasteiger partial charge in [-0.2, -0.15) is 0 Å². The van der Waals surface area contributed by atoms with Crippen molar-refractivity contribution in [3.63, 3.8) is 0 Å². The van der Waals surface area contributed by atoms with Crippen molar-refractivity contribution in [2.24, 2.45) is 0 Å². The number of fused-ring (bicyclic) bond motifs is 1. The lowest BCUT2D eigenvalue weighted by Gasteiger charge is -2.08. The summed E-state index contributed by atoms with van der Waals surface area (Å²) in [6.45, 7) is 6.11. The van der Waals surface area contributed by atoms with Crippen LogP contribution in [0.1, 0.15) is 39.2 Å². The first-order valence-corrected chi connectivity index (χ1v) is 7.78. The van der Waals surface area contributed by atoms with Crippen LogP contribution in [-0.2, 0) is 6.42 Å². The van der Waals surface area contributed by atoms with Crippen LogP contribution in [0.25, 0.3) is 11.0 Å². The smallest absolute Gasteiger partial charge is 0.238 e. The number of rotatable bonds is 5. The lowest BCUT2D eigenvalue weighted by atomic mass is 10.0. The van der Waals surface area contributed by atoms with Gasteiger partial charge in [-0.05, 0) is 40.0 Å². The van der Waals surface area contributed by atoms with Gasteiger partial charge >= 0.3 is 0 Å². The van der Waals surface area contributed by atoms with Gasteiger partial charge in [-0.25, -0.2) is 0 Å². The number of hydrogen-bond acceptors (Lipinski definition) is 5. The molecule has 24 heavy (non-hydrogen) atoms. The Kier molecular flexibility index (Phi) is 5.34. The molecule has 0 radical (unpaired) electrons. The van der Waals surface area contributed by atoms with Crippen LogP contribution in [0, 0.1) is 0 Å². The molecule has 0 atom stereocenters. The van der Waals surface area contributed by atoms with Crippen LogP contribution in [0.5, 0.6) is 17.2 Å². The molecular weight excluding hydrogens is 308 g/mol. The maximum atomic E-state index is 12.0. The Morgan fingerprint density at radius 3 is 2.46 bits per heavy atom. The zero-order valence-corrected chi connectivity index (χ0v) is 14.1. The molecule has 3 N–H and O–H groups in total. The Balaban J connectivity index is 2.37. The van der Waals surface area contributed by atoms with Crippen molar-refractivity contribution in [3.05, 3.63) is 51.4 Å². The monoisotopic (exact) mass is 330 g/mol. The van der Waals surface area contributed by atoms with E-state index in [0.717, 1.165) is 30.7 Å². The first-order valence-electron chi connectivity index (χ1n) is 7.78. The number of hydrogen-bond donors (Lipinski definition) is 3. The lowest BCUT2D eigenvalue weighted by Crippen LogP contribution is -2.02. The molecule has 0 fully saturated rings. The fourth-order valence-electron chi connectivity index (χ4n) is 2.48. The predicted octanol–water partition coefficient (Wildman–Crippen LogP) is 4.15. The van der Waals surface area contributed by atoms with Gasteiger partial charge < -0.3 is 19.7 Å². The molecule has 1 aromatic carbocycles. The van der Waals surface area contributed by atoms with Crippen molar-refractivity contribution in [3.8, 4) is 17.2 Å². The number of phenolic OH excluding ortho intramolecular Hbond substituents is 2. The summed E-state index contributed by atoms with van der Waals surface area (Å²) < 4.78 is 5.25. The largest absolute Gasteiger partial charge is 0.507 e. The summed E-state index contributed by atoms with van der Waals surface area (Å²) in [5, 5.41) is 29.3. The third-order valence-corrected chi connectivity index (χ3v) is 3.83. The number of aromatic hydroxyl groups is 3. The van der Waals surface area contributed by atoms with E-state index in [-0.39, 0.29) is 16.7 Å². The molecule has 0 aliphatic rings. The Morgan fingerprint density at radius 1 is 1.08 bits per heavy atom. The SMILES string of the molecule is CC(C)=CCC/C(C)=C/Cc1c(O)cc(O)c2c(=O)c(O)coc12.